The zero-order chi connectivity index (χ0) is 10.8. The molecular weight excluding hydrogens is 212 g/mol. The summed E-state index contributed by atoms with van der Waals surface area (Å²) in [6, 6.07) is 0. The number of rotatable bonds is 2. The monoisotopic (exact) mass is 222 g/mol. The van der Waals surface area contributed by atoms with Crippen molar-refractivity contribution in [2.75, 3.05) is 24.7 Å². The minimum Gasteiger partial charge on any atom is -0.465 e. The maximum atomic E-state index is 11.2. The molecular formula is C6H10N2O5S. The van der Waals surface area contributed by atoms with Gasteiger partial charge in [-0.3, -0.25) is 4.79 Å². The number of carbonyl (C=O) groups excluding carboxylic acids is 1. The van der Waals surface area contributed by atoms with E-state index < -0.39 is 21.8 Å². The van der Waals surface area contributed by atoms with E-state index >= 15 is 0 Å². The van der Waals surface area contributed by atoms with E-state index in [9.17, 15) is 18.0 Å². The zero-order valence-corrected chi connectivity index (χ0v) is 8.08. The molecule has 0 atom stereocenters. The third kappa shape index (κ3) is 2.87. The Labute approximate surface area is 80.6 Å². The van der Waals surface area contributed by atoms with Gasteiger partial charge in [-0.15, -0.1) is 0 Å². The van der Waals surface area contributed by atoms with Crippen molar-refractivity contribution in [1.82, 2.24) is 10.2 Å². The number of nitrogens with zero attached hydrogens (tertiary/aromatic N) is 1. The van der Waals surface area contributed by atoms with E-state index in [1.807, 2.05) is 5.32 Å². The first-order valence-corrected chi connectivity index (χ1v) is 5.68. The largest absolute Gasteiger partial charge is 0.465 e. The highest BCUT2D eigenvalue weighted by Crippen LogP contribution is 2.06. The predicted molar refractivity (Wildman–Crippen MR) is 46.4 cm³/mol. The molecule has 1 saturated heterocycles. The first kappa shape index (κ1) is 10.8. The van der Waals surface area contributed by atoms with Gasteiger partial charge in [-0.1, -0.05) is 0 Å². The Morgan fingerprint density at radius 2 is 2.07 bits per heavy atom. The maximum Gasteiger partial charge on any atom is 0.405 e. The quantitative estimate of drug-likeness (QED) is 0.589. The van der Waals surface area contributed by atoms with Gasteiger partial charge in [0.15, 0.2) is 9.84 Å². The van der Waals surface area contributed by atoms with Crippen LogP contribution in [0.25, 0.3) is 0 Å². The van der Waals surface area contributed by atoms with Crippen LogP contribution in [0.4, 0.5) is 4.79 Å². The number of carboxylic acid groups (broad SMARTS) is 1. The van der Waals surface area contributed by atoms with Gasteiger partial charge in [-0.2, -0.15) is 0 Å². The van der Waals surface area contributed by atoms with Crippen LogP contribution in [-0.4, -0.2) is 55.1 Å². The van der Waals surface area contributed by atoms with Gasteiger partial charge in [0, 0.05) is 6.54 Å². The van der Waals surface area contributed by atoms with Crippen molar-refractivity contribution in [3.63, 3.8) is 0 Å². The molecule has 1 fully saturated rings. The van der Waals surface area contributed by atoms with Crippen LogP contribution < -0.4 is 5.32 Å². The fraction of sp³-hybridized carbons (Fsp3) is 0.667. The predicted octanol–water partition coefficient (Wildman–Crippen LogP) is -1.53. The highest BCUT2D eigenvalue weighted by atomic mass is 32.2. The number of nitrogens with one attached hydrogen (secondary N) is 1. The van der Waals surface area contributed by atoms with Crippen LogP contribution in [0.1, 0.15) is 0 Å². The molecule has 1 aliphatic rings. The molecule has 0 aromatic rings. The molecule has 0 bridgehead atoms. The fourth-order valence-corrected chi connectivity index (χ4v) is 2.45. The molecule has 7 nitrogen and oxygen atoms in total. The molecule has 8 heteroatoms. The third-order valence-corrected chi connectivity index (χ3v) is 3.28. The van der Waals surface area contributed by atoms with Crippen molar-refractivity contribution in [2.45, 2.75) is 0 Å². The summed E-state index contributed by atoms with van der Waals surface area (Å²) in [4.78, 5) is 22.3. The standard InChI is InChI=1S/C6H10N2O5S/c9-5(3-7-6(10)11)8-1-2-14(12,13)4-8/h7H,1-4H2,(H,10,11). The summed E-state index contributed by atoms with van der Waals surface area (Å²) in [5.74, 6) is -0.882. The average molecular weight is 222 g/mol. The number of hydrogen-bond acceptors (Lipinski definition) is 4. The molecule has 2 N–H and O–H groups in total. The number of sulfone groups is 1. The maximum absolute atomic E-state index is 11.2. The molecule has 0 spiro atoms. The molecule has 1 heterocycles. The number of hydrogen-bond donors (Lipinski definition) is 2. The second-order valence-electron chi connectivity index (χ2n) is 2.89. The van der Waals surface area contributed by atoms with Crippen LogP contribution in [0, 0.1) is 0 Å². The molecule has 0 aromatic carbocycles. The van der Waals surface area contributed by atoms with Gasteiger partial charge < -0.3 is 15.3 Å². The molecule has 0 radical (unpaired) electrons. The van der Waals surface area contributed by atoms with E-state index in [1.165, 1.54) is 0 Å². The lowest BCUT2D eigenvalue weighted by atomic mass is 10.5. The van der Waals surface area contributed by atoms with Gasteiger partial charge in [0.2, 0.25) is 5.91 Å². The summed E-state index contributed by atoms with van der Waals surface area (Å²) in [5, 5.41) is 10.1. The Balaban J connectivity index is 2.44. The van der Waals surface area contributed by atoms with Gasteiger partial charge in [-0.05, 0) is 0 Å². The summed E-state index contributed by atoms with van der Waals surface area (Å²) in [7, 11) is -3.15. The van der Waals surface area contributed by atoms with Crippen molar-refractivity contribution >= 4 is 21.8 Å². The van der Waals surface area contributed by atoms with Gasteiger partial charge in [0.1, 0.15) is 12.4 Å². The van der Waals surface area contributed by atoms with Crippen LogP contribution in [0.3, 0.4) is 0 Å². The van der Waals surface area contributed by atoms with Crippen LogP contribution >= 0.6 is 0 Å². The Hall–Kier alpha value is -1.31. The smallest absolute Gasteiger partial charge is 0.405 e. The lowest BCUT2D eigenvalue weighted by molar-refractivity contribution is -0.128. The first-order chi connectivity index (χ1) is 6.41. The first-order valence-electron chi connectivity index (χ1n) is 3.86. The van der Waals surface area contributed by atoms with E-state index in [0.717, 1.165) is 4.90 Å². The zero-order valence-electron chi connectivity index (χ0n) is 7.26. The van der Waals surface area contributed by atoms with Gasteiger partial charge >= 0.3 is 6.09 Å². The number of amides is 2. The van der Waals surface area contributed by atoms with E-state index in [-0.39, 0.29) is 24.7 Å². The summed E-state index contributed by atoms with van der Waals surface area (Å²) < 4.78 is 21.9. The molecule has 0 aromatic heterocycles. The van der Waals surface area contributed by atoms with Crippen molar-refractivity contribution in [1.29, 1.82) is 0 Å². The van der Waals surface area contributed by atoms with Crippen LogP contribution in [0.15, 0.2) is 0 Å². The molecule has 0 unspecified atom stereocenters. The van der Waals surface area contributed by atoms with Gasteiger partial charge in [0.05, 0.1) is 5.75 Å². The highest BCUT2D eigenvalue weighted by Gasteiger charge is 2.28. The van der Waals surface area contributed by atoms with Gasteiger partial charge in [-0.25, -0.2) is 13.2 Å². The highest BCUT2D eigenvalue weighted by molar-refractivity contribution is 7.91. The summed E-state index contributed by atoms with van der Waals surface area (Å²) in [6.45, 7) is -0.243. The lowest BCUT2D eigenvalue weighted by Gasteiger charge is -2.12. The van der Waals surface area contributed by atoms with E-state index in [4.69, 9.17) is 5.11 Å². The second-order valence-corrected chi connectivity index (χ2v) is 5.05. The van der Waals surface area contributed by atoms with Crippen molar-refractivity contribution in [2.24, 2.45) is 0 Å². The minimum atomic E-state index is -3.15. The third-order valence-electron chi connectivity index (χ3n) is 1.77. The molecule has 1 aliphatic heterocycles. The van der Waals surface area contributed by atoms with Crippen molar-refractivity contribution in [3.05, 3.63) is 0 Å². The Morgan fingerprint density at radius 3 is 2.50 bits per heavy atom. The SMILES string of the molecule is O=C(O)NCC(=O)N1CCS(=O)(=O)C1. The average Bonchev–Trinajstić information content (AvgIpc) is 2.41. The molecule has 80 valence electrons. The normalized spacial score (nSPS) is 19.3. The topological polar surface area (TPSA) is 104 Å². The fourth-order valence-electron chi connectivity index (χ4n) is 1.08. The van der Waals surface area contributed by atoms with Crippen LogP contribution in [0.2, 0.25) is 0 Å². The van der Waals surface area contributed by atoms with Crippen LogP contribution in [0.5, 0.6) is 0 Å². The summed E-state index contributed by atoms with van der Waals surface area (Å²) >= 11 is 0. The Bertz CT molecular complexity index is 349. The van der Waals surface area contributed by atoms with Gasteiger partial charge in [0.25, 0.3) is 0 Å². The Morgan fingerprint density at radius 1 is 1.43 bits per heavy atom. The Kier molecular flexibility index (Phi) is 2.94. The summed E-state index contributed by atoms with van der Waals surface area (Å²) in [5.41, 5.74) is 0. The van der Waals surface area contributed by atoms with Crippen molar-refractivity contribution in [3.8, 4) is 0 Å². The lowest BCUT2D eigenvalue weighted by Crippen LogP contribution is -2.38. The molecule has 2 amide bonds. The molecule has 14 heavy (non-hydrogen) atoms. The minimum absolute atomic E-state index is 0.0498. The molecule has 0 saturated carbocycles. The second kappa shape index (κ2) is 3.82. The van der Waals surface area contributed by atoms with E-state index in [0.29, 0.717) is 0 Å². The van der Waals surface area contributed by atoms with Crippen LogP contribution in [-0.2, 0) is 14.6 Å². The number of carbonyl (C=O) groups is 2. The molecule has 1 rings (SSSR count). The van der Waals surface area contributed by atoms with E-state index in [2.05, 4.69) is 0 Å². The van der Waals surface area contributed by atoms with Crippen molar-refractivity contribution < 1.29 is 23.1 Å². The van der Waals surface area contributed by atoms with E-state index in [1.54, 1.807) is 0 Å². The summed E-state index contributed by atoms with van der Waals surface area (Å²) in [6.07, 6.45) is -1.31. The molecule has 0 aliphatic carbocycles.